The van der Waals surface area contributed by atoms with E-state index in [1.807, 2.05) is 0 Å². The number of halogens is 2. The number of hydrogen-bond donors (Lipinski definition) is 1. The Morgan fingerprint density at radius 2 is 1.93 bits per heavy atom. The first kappa shape index (κ1) is 18.2. The number of aryl methyl sites for hydroxylation is 1. The lowest BCUT2D eigenvalue weighted by Gasteiger charge is -2.05. The summed E-state index contributed by atoms with van der Waals surface area (Å²) < 4.78 is 32.1. The average Bonchev–Trinajstić information content (AvgIpc) is 3.11. The summed E-state index contributed by atoms with van der Waals surface area (Å²) in [7, 11) is 0. The molecule has 3 aromatic rings. The van der Waals surface area contributed by atoms with Gasteiger partial charge in [-0.1, -0.05) is 0 Å². The molecule has 0 unspecified atom stereocenters. The molecular formula is C18H13F2N3O4. The monoisotopic (exact) mass is 373 g/mol. The van der Waals surface area contributed by atoms with Crippen molar-refractivity contribution in [1.29, 1.82) is 0 Å². The first-order chi connectivity index (χ1) is 12.9. The molecule has 0 aliphatic rings. The summed E-state index contributed by atoms with van der Waals surface area (Å²) in [6.07, 6.45) is 1.54. The molecule has 7 nitrogen and oxygen atoms in total. The van der Waals surface area contributed by atoms with E-state index in [1.165, 1.54) is 30.5 Å². The number of nitro benzene ring substituents is 1. The highest BCUT2D eigenvalue weighted by atomic mass is 19.1. The quantitative estimate of drug-likeness (QED) is 0.518. The largest absolute Gasteiger partial charge is 0.441 e. The number of nitrogens with one attached hydrogen (secondary N) is 1. The lowest BCUT2D eigenvalue weighted by molar-refractivity contribution is -0.384. The van der Waals surface area contributed by atoms with Crippen LogP contribution in [0.25, 0.3) is 11.3 Å². The molecule has 0 saturated carbocycles. The van der Waals surface area contributed by atoms with Crippen LogP contribution in [0.2, 0.25) is 0 Å². The number of oxazole rings is 1. The van der Waals surface area contributed by atoms with Gasteiger partial charge in [-0.3, -0.25) is 14.9 Å². The number of anilines is 1. The lowest BCUT2D eigenvalue weighted by Crippen LogP contribution is -2.13. The van der Waals surface area contributed by atoms with E-state index in [0.717, 1.165) is 18.2 Å². The van der Waals surface area contributed by atoms with Crippen LogP contribution in [-0.2, 0) is 11.2 Å². The molecule has 0 atom stereocenters. The van der Waals surface area contributed by atoms with Crippen LogP contribution in [0.3, 0.4) is 0 Å². The Hall–Kier alpha value is -3.62. The third kappa shape index (κ3) is 4.51. The first-order valence-electron chi connectivity index (χ1n) is 7.87. The van der Waals surface area contributed by atoms with E-state index in [9.17, 15) is 23.7 Å². The Morgan fingerprint density at radius 3 is 2.63 bits per heavy atom. The second kappa shape index (κ2) is 7.73. The van der Waals surface area contributed by atoms with Crippen LogP contribution in [0.5, 0.6) is 0 Å². The molecule has 0 radical (unpaired) electrons. The van der Waals surface area contributed by atoms with Crippen molar-refractivity contribution in [3.63, 3.8) is 0 Å². The molecular weight excluding hydrogens is 360 g/mol. The Bertz CT molecular complexity index is 987. The number of aromatic nitrogens is 1. The van der Waals surface area contributed by atoms with Gasteiger partial charge >= 0.3 is 0 Å². The Kier molecular flexibility index (Phi) is 5.20. The van der Waals surface area contributed by atoms with Crippen molar-refractivity contribution in [2.75, 3.05) is 5.32 Å². The SMILES string of the molecule is O=C(CCc1ncc(-c2ccc(F)cc2)o1)Nc1cc([N+](=O)[O-])ccc1F. The first-order valence-corrected chi connectivity index (χ1v) is 7.87. The topological polar surface area (TPSA) is 98.3 Å². The van der Waals surface area contributed by atoms with E-state index >= 15 is 0 Å². The van der Waals surface area contributed by atoms with Crippen molar-refractivity contribution in [3.05, 3.63) is 76.3 Å². The molecule has 138 valence electrons. The third-order valence-corrected chi connectivity index (χ3v) is 3.68. The van der Waals surface area contributed by atoms with Gasteiger partial charge in [-0.2, -0.15) is 0 Å². The molecule has 0 spiro atoms. The van der Waals surface area contributed by atoms with Gasteiger partial charge in [-0.05, 0) is 30.3 Å². The van der Waals surface area contributed by atoms with Gasteiger partial charge in [0, 0.05) is 30.5 Å². The van der Waals surface area contributed by atoms with Crippen LogP contribution in [-0.4, -0.2) is 15.8 Å². The molecule has 0 aliphatic heterocycles. The number of carbonyl (C=O) groups is 1. The fourth-order valence-corrected chi connectivity index (χ4v) is 2.33. The number of amides is 1. The summed E-state index contributed by atoms with van der Waals surface area (Å²) in [6.45, 7) is 0. The summed E-state index contributed by atoms with van der Waals surface area (Å²) in [4.78, 5) is 26.1. The second-order valence-corrected chi connectivity index (χ2v) is 5.59. The number of hydrogen-bond acceptors (Lipinski definition) is 5. The van der Waals surface area contributed by atoms with Crippen LogP contribution in [0.15, 0.2) is 53.1 Å². The number of nitrogens with zero attached hydrogens (tertiary/aromatic N) is 2. The van der Waals surface area contributed by atoms with Crippen molar-refractivity contribution >= 4 is 17.3 Å². The van der Waals surface area contributed by atoms with E-state index in [2.05, 4.69) is 10.3 Å². The van der Waals surface area contributed by atoms with Crippen LogP contribution in [0, 0.1) is 21.7 Å². The maximum Gasteiger partial charge on any atom is 0.271 e. The number of carbonyl (C=O) groups excluding carboxylic acids is 1. The molecule has 1 amide bonds. The summed E-state index contributed by atoms with van der Waals surface area (Å²) in [5, 5.41) is 13.0. The zero-order valence-corrected chi connectivity index (χ0v) is 13.8. The van der Waals surface area contributed by atoms with Gasteiger partial charge in [0.25, 0.3) is 5.69 Å². The highest BCUT2D eigenvalue weighted by Crippen LogP contribution is 2.23. The van der Waals surface area contributed by atoms with E-state index < -0.39 is 16.6 Å². The predicted octanol–water partition coefficient (Wildman–Crippen LogP) is 4.10. The van der Waals surface area contributed by atoms with Gasteiger partial charge in [-0.25, -0.2) is 13.8 Å². The van der Waals surface area contributed by atoms with E-state index in [0.29, 0.717) is 11.3 Å². The normalized spacial score (nSPS) is 10.6. The van der Waals surface area contributed by atoms with Gasteiger partial charge in [0.2, 0.25) is 5.91 Å². The van der Waals surface area contributed by atoms with Crippen molar-refractivity contribution in [3.8, 4) is 11.3 Å². The van der Waals surface area contributed by atoms with Crippen molar-refractivity contribution in [2.45, 2.75) is 12.8 Å². The number of nitro groups is 1. The van der Waals surface area contributed by atoms with Gasteiger partial charge in [0.15, 0.2) is 11.7 Å². The molecule has 1 heterocycles. The van der Waals surface area contributed by atoms with Crippen LogP contribution >= 0.6 is 0 Å². The second-order valence-electron chi connectivity index (χ2n) is 5.59. The van der Waals surface area contributed by atoms with Gasteiger partial charge in [0.1, 0.15) is 11.6 Å². The number of non-ortho nitro benzene ring substituents is 1. The third-order valence-electron chi connectivity index (χ3n) is 3.68. The van der Waals surface area contributed by atoms with Gasteiger partial charge in [-0.15, -0.1) is 0 Å². The molecule has 1 aromatic heterocycles. The van der Waals surface area contributed by atoms with Crippen molar-refractivity contribution < 1.29 is 22.9 Å². The highest BCUT2D eigenvalue weighted by Gasteiger charge is 2.14. The fourth-order valence-electron chi connectivity index (χ4n) is 2.33. The standard InChI is InChI=1S/C18H13F2N3O4/c19-12-3-1-11(2-4-12)16-10-21-18(27-16)8-7-17(24)22-15-9-13(23(25)26)5-6-14(15)20/h1-6,9-10H,7-8H2,(H,22,24). The summed E-state index contributed by atoms with van der Waals surface area (Å²) >= 11 is 0. The average molecular weight is 373 g/mol. The van der Waals surface area contributed by atoms with Gasteiger partial charge < -0.3 is 9.73 Å². The fraction of sp³-hybridized carbons (Fsp3) is 0.111. The Labute approximate surface area is 151 Å². The van der Waals surface area contributed by atoms with E-state index in [4.69, 9.17) is 4.42 Å². The summed E-state index contributed by atoms with van der Waals surface area (Å²) in [5.41, 5.74) is 0.0372. The Balaban J connectivity index is 1.61. The molecule has 27 heavy (non-hydrogen) atoms. The molecule has 9 heteroatoms. The van der Waals surface area contributed by atoms with E-state index in [-0.39, 0.29) is 35.9 Å². The zero-order chi connectivity index (χ0) is 19.4. The minimum Gasteiger partial charge on any atom is -0.441 e. The maximum absolute atomic E-state index is 13.7. The zero-order valence-electron chi connectivity index (χ0n) is 13.8. The maximum atomic E-state index is 13.7. The molecule has 0 bridgehead atoms. The summed E-state index contributed by atoms with van der Waals surface area (Å²) in [5.74, 6) is -0.984. The highest BCUT2D eigenvalue weighted by molar-refractivity contribution is 5.91. The minimum atomic E-state index is -0.774. The van der Waals surface area contributed by atoms with Crippen molar-refractivity contribution in [2.24, 2.45) is 0 Å². The predicted molar refractivity (Wildman–Crippen MR) is 91.9 cm³/mol. The molecule has 1 N–H and O–H groups in total. The molecule has 2 aromatic carbocycles. The van der Waals surface area contributed by atoms with Gasteiger partial charge in [0.05, 0.1) is 16.8 Å². The smallest absolute Gasteiger partial charge is 0.271 e. The van der Waals surface area contributed by atoms with Crippen LogP contribution in [0.1, 0.15) is 12.3 Å². The number of rotatable bonds is 6. The van der Waals surface area contributed by atoms with E-state index in [1.54, 1.807) is 0 Å². The molecule has 0 aliphatic carbocycles. The molecule has 0 saturated heterocycles. The summed E-state index contributed by atoms with van der Waals surface area (Å²) in [6, 6.07) is 8.53. The Morgan fingerprint density at radius 1 is 1.19 bits per heavy atom. The van der Waals surface area contributed by atoms with Crippen LogP contribution < -0.4 is 5.32 Å². The van der Waals surface area contributed by atoms with Crippen LogP contribution in [0.4, 0.5) is 20.2 Å². The minimum absolute atomic E-state index is 0.0640. The molecule has 3 rings (SSSR count). The lowest BCUT2D eigenvalue weighted by atomic mass is 10.2. The molecule has 0 fully saturated rings. The number of benzene rings is 2. The van der Waals surface area contributed by atoms with Crippen molar-refractivity contribution in [1.82, 2.24) is 4.98 Å².